The molecule has 5 nitrogen and oxygen atoms in total. The van der Waals surface area contributed by atoms with Crippen LogP contribution >= 0.6 is 0 Å². The van der Waals surface area contributed by atoms with E-state index in [1.165, 1.54) is 4.90 Å². The summed E-state index contributed by atoms with van der Waals surface area (Å²) in [6.45, 7) is 2.78. The molecular formula is C15H20N2O3. The topological polar surface area (TPSA) is 69.6 Å². The fourth-order valence-corrected chi connectivity index (χ4v) is 2.57. The first-order chi connectivity index (χ1) is 9.61. The number of anilines is 1. The van der Waals surface area contributed by atoms with Crippen molar-refractivity contribution >= 4 is 17.6 Å². The van der Waals surface area contributed by atoms with Crippen molar-refractivity contribution in [2.75, 3.05) is 25.0 Å². The molecule has 20 heavy (non-hydrogen) atoms. The van der Waals surface area contributed by atoms with Crippen molar-refractivity contribution in [2.45, 2.75) is 19.8 Å². The Labute approximate surface area is 118 Å². The van der Waals surface area contributed by atoms with Crippen LogP contribution in [-0.4, -0.2) is 41.5 Å². The Morgan fingerprint density at radius 1 is 1.40 bits per heavy atom. The third-order valence-electron chi connectivity index (χ3n) is 3.50. The molecule has 108 valence electrons. The second kappa shape index (κ2) is 6.41. The highest BCUT2D eigenvalue weighted by Crippen LogP contribution is 2.25. The molecular weight excluding hydrogens is 256 g/mol. The molecule has 1 atom stereocenters. The van der Waals surface area contributed by atoms with Crippen molar-refractivity contribution < 1.29 is 14.7 Å². The lowest BCUT2D eigenvalue weighted by Gasteiger charge is -2.30. The molecule has 2 N–H and O–H groups in total. The summed E-state index contributed by atoms with van der Waals surface area (Å²) in [5, 5.41) is 12.2. The van der Waals surface area contributed by atoms with Gasteiger partial charge >= 0.3 is 5.97 Å². The van der Waals surface area contributed by atoms with Gasteiger partial charge in [0, 0.05) is 18.8 Å². The fourth-order valence-electron chi connectivity index (χ4n) is 2.57. The molecule has 2 rings (SSSR count). The van der Waals surface area contributed by atoms with Gasteiger partial charge in [-0.15, -0.1) is 0 Å². The van der Waals surface area contributed by atoms with Crippen LogP contribution in [0.4, 0.5) is 5.69 Å². The summed E-state index contributed by atoms with van der Waals surface area (Å²) in [5.74, 6) is -1.22. The molecule has 1 aromatic carbocycles. The Hall–Kier alpha value is -2.04. The summed E-state index contributed by atoms with van der Waals surface area (Å²) in [7, 11) is 0. The molecule has 0 aliphatic carbocycles. The molecule has 0 saturated carbocycles. The summed E-state index contributed by atoms with van der Waals surface area (Å²) < 4.78 is 0. The van der Waals surface area contributed by atoms with Gasteiger partial charge in [-0.2, -0.15) is 0 Å². The molecule has 0 fully saturated rings. The number of nitrogens with zero attached hydrogens (tertiary/aromatic N) is 1. The van der Waals surface area contributed by atoms with E-state index in [4.69, 9.17) is 5.11 Å². The maximum atomic E-state index is 12.5. The molecule has 0 saturated heterocycles. The first-order valence-electron chi connectivity index (χ1n) is 6.94. The SMILES string of the molecule is CCCN(CC(=O)O)C(=O)C1CNc2ccccc2C1. The molecule has 1 unspecified atom stereocenters. The van der Waals surface area contributed by atoms with E-state index >= 15 is 0 Å². The summed E-state index contributed by atoms with van der Waals surface area (Å²) >= 11 is 0. The zero-order chi connectivity index (χ0) is 14.5. The van der Waals surface area contributed by atoms with Crippen LogP contribution in [0.15, 0.2) is 24.3 Å². The van der Waals surface area contributed by atoms with Crippen molar-refractivity contribution in [1.82, 2.24) is 4.90 Å². The fraction of sp³-hybridized carbons (Fsp3) is 0.467. The lowest BCUT2D eigenvalue weighted by Crippen LogP contribution is -2.44. The van der Waals surface area contributed by atoms with Gasteiger partial charge in [0.2, 0.25) is 5.91 Å². The predicted octanol–water partition coefficient (Wildman–Crippen LogP) is 1.59. The van der Waals surface area contributed by atoms with E-state index in [-0.39, 0.29) is 18.4 Å². The number of hydrogen-bond donors (Lipinski definition) is 2. The van der Waals surface area contributed by atoms with Gasteiger partial charge in [0.05, 0.1) is 5.92 Å². The minimum Gasteiger partial charge on any atom is -0.480 e. The molecule has 5 heteroatoms. The first-order valence-corrected chi connectivity index (χ1v) is 6.94. The predicted molar refractivity (Wildman–Crippen MR) is 76.6 cm³/mol. The number of benzene rings is 1. The smallest absolute Gasteiger partial charge is 0.323 e. The minimum absolute atomic E-state index is 0.0729. The molecule has 0 aromatic heterocycles. The lowest BCUT2D eigenvalue weighted by molar-refractivity contribution is -0.146. The van der Waals surface area contributed by atoms with Gasteiger partial charge in [-0.25, -0.2) is 0 Å². The van der Waals surface area contributed by atoms with E-state index in [2.05, 4.69) is 5.32 Å². The number of fused-ring (bicyclic) bond motifs is 1. The van der Waals surface area contributed by atoms with E-state index < -0.39 is 5.97 Å². The van der Waals surface area contributed by atoms with Crippen LogP contribution in [0.2, 0.25) is 0 Å². The van der Waals surface area contributed by atoms with Crippen LogP contribution < -0.4 is 5.32 Å². The summed E-state index contributed by atoms with van der Waals surface area (Å²) in [6, 6.07) is 7.91. The highest BCUT2D eigenvalue weighted by molar-refractivity contribution is 5.84. The number of amides is 1. The van der Waals surface area contributed by atoms with Gasteiger partial charge in [-0.1, -0.05) is 25.1 Å². The Kier molecular flexibility index (Phi) is 4.61. The molecule has 0 bridgehead atoms. The zero-order valence-electron chi connectivity index (χ0n) is 11.6. The number of carbonyl (C=O) groups excluding carboxylic acids is 1. The van der Waals surface area contributed by atoms with Gasteiger partial charge in [0.25, 0.3) is 0 Å². The molecule has 1 heterocycles. The zero-order valence-corrected chi connectivity index (χ0v) is 11.6. The summed E-state index contributed by atoms with van der Waals surface area (Å²) in [4.78, 5) is 24.8. The second-order valence-corrected chi connectivity index (χ2v) is 5.09. The molecule has 0 radical (unpaired) electrons. The maximum Gasteiger partial charge on any atom is 0.323 e. The quantitative estimate of drug-likeness (QED) is 0.857. The molecule has 1 aliphatic rings. The number of nitrogens with one attached hydrogen (secondary N) is 1. The minimum atomic E-state index is -0.962. The Bertz CT molecular complexity index is 502. The van der Waals surface area contributed by atoms with Crippen LogP contribution in [0.25, 0.3) is 0 Å². The molecule has 1 amide bonds. The largest absolute Gasteiger partial charge is 0.480 e. The van der Waals surface area contributed by atoms with Crippen LogP contribution in [0.1, 0.15) is 18.9 Å². The number of carboxylic acid groups (broad SMARTS) is 1. The van der Waals surface area contributed by atoms with Gasteiger partial charge in [-0.05, 0) is 24.5 Å². The van der Waals surface area contributed by atoms with Crippen molar-refractivity contribution in [3.05, 3.63) is 29.8 Å². The maximum absolute atomic E-state index is 12.5. The van der Waals surface area contributed by atoms with Crippen molar-refractivity contribution in [1.29, 1.82) is 0 Å². The third kappa shape index (κ3) is 3.29. The van der Waals surface area contributed by atoms with Crippen LogP contribution in [-0.2, 0) is 16.0 Å². The van der Waals surface area contributed by atoms with Crippen LogP contribution in [0.5, 0.6) is 0 Å². The molecule has 0 spiro atoms. The second-order valence-electron chi connectivity index (χ2n) is 5.09. The monoisotopic (exact) mass is 276 g/mol. The van der Waals surface area contributed by atoms with Crippen LogP contribution in [0, 0.1) is 5.92 Å². The van der Waals surface area contributed by atoms with E-state index in [0.717, 1.165) is 17.7 Å². The van der Waals surface area contributed by atoms with Crippen molar-refractivity contribution in [3.63, 3.8) is 0 Å². The number of carbonyl (C=O) groups is 2. The Morgan fingerprint density at radius 3 is 2.85 bits per heavy atom. The van der Waals surface area contributed by atoms with E-state index in [9.17, 15) is 9.59 Å². The van der Waals surface area contributed by atoms with E-state index in [1.54, 1.807) is 0 Å². The van der Waals surface area contributed by atoms with Gasteiger partial charge in [0.15, 0.2) is 0 Å². The van der Waals surface area contributed by atoms with Crippen LogP contribution in [0.3, 0.4) is 0 Å². The Balaban J connectivity index is 2.07. The summed E-state index contributed by atoms with van der Waals surface area (Å²) in [5.41, 5.74) is 2.18. The number of para-hydroxylation sites is 1. The molecule has 1 aliphatic heterocycles. The van der Waals surface area contributed by atoms with E-state index in [1.807, 2.05) is 31.2 Å². The van der Waals surface area contributed by atoms with Gasteiger partial charge in [-0.3, -0.25) is 9.59 Å². The van der Waals surface area contributed by atoms with E-state index in [0.29, 0.717) is 19.5 Å². The van der Waals surface area contributed by atoms with Crippen molar-refractivity contribution in [3.8, 4) is 0 Å². The van der Waals surface area contributed by atoms with Gasteiger partial charge in [0.1, 0.15) is 6.54 Å². The number of aliphatic carboxylic acids is 1. The third-order valence-corrected chi connectivity index (χ3v) is 3.50. The lowest BCUT2D eigenvalue weighted by atomic mass is 9.93. The number of hydrogen-bond acceptors (Lipinski definition) is 3. The summed E-state index contributed by atoms with van der Waals surface area (Å²) in [6.07, 6.45) is 1.43. The van der Waals surface area contributed by atoms with Gasteiger partial charge < -0.3 is 15.3 Å². The highest BCUT2D eigenvalue weighted by atomic mass is 16.4. The average molecular weight is 276 g/mol. The average Bonchev–Trinajstić information content (AvgIpc) is 2.45. The normalized spacial score (nSPS) is 16.9. The number of rotatable bonds is 5. The highest BCUT2D eigenvalue weighted by Gasteiger charge is 2.28. The molecule has 1 aromatic rings. The first kappa shape index (κ1) is 14.4. The Morgan fingerprint density at radius 2 is 2.15 bits per heavy atom. The van der Waals surface area contributed by atoms with Crippen molar-refractivity contribution in [2.24, 2.45) is 5.92 Å². The standard InChI is InChI=1S/C15H20N2O3/c1-2-7-17(10-14(18)19)15(20)12-8-11-5-3-4-6-13(11)16-9-12/h3-6,12,16H,2,7-10H2,1H3,(H,18,19). The number of carboxylic acids is 1.